The SMILES string of the molecule is C=C1CC2CC[C@@]34C[C@@]5(C)O[C@H]6[C@@H](O3)[C@H]3OC(CC[C@@H]3O[C@H]6C5O4)CC(=O)C[C@H]3C(C[C@H]4OC(CC[C@@H]1O2)C[C@@H](C)C4=C)O[C@H](C[C@H](O)CC)[C@@H]3C. The number of Topliss-reactive ketones (excluding diaryl/α,β-unsaturated/α-hetero) is 1. The first-order valence-corrected chi connectivity index (χ1v) is 20.8. The number of carbonyl (C=O) groups is 1. The van der Waals surface area contributed by atoms with Crippen LogP contribution in [0.4, 0.5) is 0 Å². The number of aliphatic hydroxyl groups is 1. The van der Waals surface area contributed by atoms with Gasteiger partial charge in [0, 0.05) is 32.1 Å². The average molecular weight is 727 g/mol. The van der Waals surface area contributed by atoms with E-state index in [2.05, 4.69) is 33.9 Å². The van der Waals surface area contributed by atoms with Gasteiger partial charge in [-0.25, -0.2) is 0 Å². The van der Waals surface area contributed by atoms with E-state index in [1.54, 1.807) is 0 Å². The van der Waals surface area contributed by atoms with Crippen LogP contribution in [0.5, 0.6) is 0 Å². The summed E-state index contributed by atoms with van der Waals surface area (Å²) >= 11 is 0. The summed E-state index contributed by atoms with van der Waals surface area (Å²) in [5, 5.41) is 10.6. The van der Waals surface area contributed by atoms with Gasteiger partial charge in [0.1, 0.15) is 41.9 Å². The van der Waals surface area contributed by atoms with Crippen molar-refractivity contribution < 1.29 is 47.8 Å². The second-order valence-electron chi connectivity index (χ2n) is 18.4. The Bertz CT molecular complexity index is 1400. The maximum atomic E-state index is 14.1. The molecule has 0 radical (unpaired) electrons. The Kier molecular flexibility index (Phi) is 9.64. The van der Waals surface area contributed by atoms with Gasteiger partial charge in [-0.2, -0.15) is 0 Å². The Labute approximate surface area is 309 Å². The van der Waals surface area contributed by atoms with E-state index in [0.29, 0.717) is 50.9 Å². The molecule has 0 amide bonds. The molecule has 10 fully saturated rings. The second-order valence-corrected chi connectivity index (χ2v) is 18.4. The van der Waals surface area contributed by atoms with Crippen LogP contribution in [0.2, 0.25) is 0 Å². The standard InChI is InChI=1S/C42H62O10/c1-7-25(43)18-33-24(5)30-17-26(44)16-28-9-11-32-36(47-28)37-38-39(49-32)40-41(6,50-38)20-42(51-37,52-40)13-12-29-15-22(3)31(45-29)10-8-27-14-21(2)23(4)34(46-27)19-35(30)48-33/h21,24-25,27-40,43H,3-4,7-20H2,1-2,5-6H3/t21-,24-,25-,27?,28?,29?,30-,31+,32+,33-,34-,35?,36+,37+,38+,39-,40?,41-,42-/m1/s1. The number of fused-ring (bicyclic) bond motifs is 6. The highest BCUT2D eigenvalue weighted by molar-refractivity contribution is 5.79. The lowest BCUT2D eigenvalue weighted by Crippen LogP contribution is -2.61. The first-order chi connectivity index (χ1) is 24.9. The highest BCUT2D eigenvalue weighted by Crippen LogP contribution is 2.58. The van der Waals surface area contributed by atoms with E-state index in [-0.39, 0.29) is 97.0 Å². The quantitative estimate of drug-likeness (QED) is 0.353. The number of ether oxygens (including phenoxy) is 8. The van der Waals surface area contributed by atoms with Crippen molar-refractivity contribution in [3.05, 3.63) is 24.3 Å². The Morgan fingerprint density at radius 3 is 2.38 bits per heavy atom. The highest BCUT2D eigenvalue weighted by Gasteiger charge is 2.73. The molecule has 10 saturated heterocycles. The monoisotopic (exact) mass is 726 g/mol. The molecule has 0 aromatic heterocycles. The molecule has 0 aliphatic carbocycles. The van der Waals surface area contributed by atoms with E-state index in [0.717, 1.165) is 56.1 Å². The summed E-state index contributed by atoms with van der Waals surface area (Å²) in [7, 11) is 0. The van der Waals surface area contributed by atoms with Crippen molar-refractivity contribution in [1.29, 1.82) is 0 Å². The van der Waals surface area contributed by atoms with E-state index in [9.17, 15) is 9.90 Å². The number of hydrogen-bond acceptors (Lipinski definition) is 10. The van der Waals surface area contributed by atoms with Crippen molar-refractivity contribution >= 4 is 5.78 Å². The zero-order valence-electron chi connectivity index (χ0n) is 31.8. The fourth-order valence-corrected chi connectivity index (χ4v) is 11.8. The maximum Gasteiger partial charge on any atom is 0.172 e. The van der Waals surface area contributed by atoms with Crippen molar-refractivity contribution in [1.82, 2.24) is 0 Å². The van der Waals surface area contributed by atoms with Crippen LogP contribution in [0.1, 0.15) is 118 Å². The van der Waals surface area contributed by atoms with Gasteiger partial charge in [0.05, 0.1) is 54.9 Å². The van der Waals surface area contributed by atoms with Gasteiger partial charge in [-0.3, -0.25) is 4.79 Å². The van der Waals surface area contributed by atoms with Crippen molar-refractivity contribution in [2.45, 2.75) is 214 Å². The molecule has 10 heterocycles. The van der Waals surface area contributed by atoms with Crippen molar-refractivity contribution in [3.8, 4) is 0 Å². The summed E-state index contributed by atoms with van der Waals surface area (Å²) in [5.74, 6) is -0.127. The number of aliphatic hydroxyl groups excluding tert-OH is 1. The number of rotatable bonds is 3. The fraction of sp³-hybridized carbons (Fsp3) is 0.881. The molecule has 10 nitrogen and oxygen atoms in total. The third kappa shape index (κ3) is 6.42. The minimum atomic E-state index is -0.795. The number of ketones is 1. The zero-order chi connectivity index (χ0) is 36.1. The molecule has 19 atom stereocenters. The summed E-state index contributed by atoms with van der Waals surface area (Å²) in [5.41, 5.74) is 1.79. The van der Waals surface area contributed by atoms with Gasteiger partial charge in [-0.15, -0.1) is 0 Å². The van der Waals surface area contributed by atoms with E-state index >= 15 is 0 Å². The summed E-state index contributed by atoms with van der Waals surface area (Å²) < 4.78 is 54.6. The molecular weight excluding hydrogens is 664 g/mol. The Morgan fingerprint density at radius 1 is 0.788 bits per heavy atom. The normalized spacial score (nSPS) is 53.8. The van der Waals surface area contributed by atoms with Crippen LogP contribution in [-0.4, -0.2) is 108 Å². The maximum absolute atomic E-state index is 14.1. The van der Waals surface area contributed by atoms with E-state index < -0.39 is 17.5 Å². The van der Waals surface area contributed by atoms with E-state index in [4.69, 9.17) is 37.9 Å². The molecule has 10 rings (SSSR count). The average Bonchev–Trinajstić information content (AvgIpc) is 3.73. The summed E-state index contributed by atoms with van der Waals surface area (Å²) in [6, 6.07) is 0. The van der Waals surface area contributed by atoms with Crippen molar-refractivity contribution in [2.75, 3.05) is 0 Å². The third-order valence-corrected chi connectivity index (χ3v) is 14.8. The number of hydrogen-bond donors (Lipinski definition) is 1. The Hall–Kier alpha value is -1.21. The molecule has 10 aliphatic heterocycles. The van der Waals surface area contributed by atoms with Crippen LogP contribution in [0.15, 0.2) is 24.3 Å². The lowest BCUT2D eigenvalue weighted by atomic mass is 9.78. The third-order valence-electron chi connectivity index (χ3n) is 14.8. The Morgan fingerprint density at radius 2 is 1.56 bits per heavy atom. The molecule has 52 heavy (non-hydrogen) atoms. The predicted octanol–water partition coefficient (Wildman–Crippen LogP) is 5.90. The lowest BCUT2D eigenvalue weighted by Gasteiger charge is -2.47. The van der Waals surface area contributed by atoms with Gasteiger partial charge >= 0.3 is 0 Å². The lowest BCUT2D eigenvalue weighted by molar-refractivity contribution is -0.294. The molecule has 10 heteroatoms. The van der Waals surface area contributed by atoms with Crippen LogP contribution >= 0.6 is 0 Å². The largest absolute Gasteiger partial charge is 0.393 e. The summed E-state index contributed by atoms with van der Waals surface area (Å²) in [6.07, 6.45) is 7.62. The van der Waals surface area contributed by atoms with Gasteiger partial charge in [0.2, 0.25) is 0 Å². The summed E-state index contributed by atoms with van der Waals surface area (Å²) in [4.78, 5) is 14.1. The molecule has 0 aromatic rings. The molecular formula is C42H62O10. The highest BCUT2D eigenvalue weighted by atomic mass is 16.8. The Balaban J connectivity index is 0.994. The molecule has 290 valence electrons. The van der Waals surface area contributed by atoms with E-state index in [1.165, 1.54) is 0 Å². The van der Waals surface area contributed by atoms with Gasteiger partial charge < -0.3 is 43.0 Å². The molecule has 12 bridgehead atoms. The topological polar surface area (TPSA) is 111 Å². The minimum absolute atomic E-state index is 0.00454. The van der Waals surface area contributed by atoms with Crippen molar-refractivity contribution in [3.63, 3.8) is 0 Å². The van der Waals surface area contributed by atoms with Gasteiger partial charge in [-0.05, 0) is 93.6 Å². The van der Waals surface area contributed by atoms with Crippen LogP contribution in [0.25, 0.3) is 0 Å². The molecule has 1 spiro atoms. The van der Waals surface area contributed by atoms with Gasteiger partial charge in [0.15, 0.2) is 5.79 Å². The predicted molar refractivity (Wildman–Crippen MR) is 190 cm³/mol. The zero-order valence-corrected chi connectivity index (χ0v) is 31.8. The fourth-order valence-electron chi connectivity index (χ4n) is 11.8. The van der Waals surface area contributed by atoms with E-state index in [1.807, 2.05) is 6.92 Å². The molecule has 10 aliphatic rings. The van der Waals surface area contributed by atoms with Crippen LogP contribution in [-0.2, 0) is 42.7 Å². The van der Waals surface area contributed by atoms with Crippen LogP contribution in [0.3, 0.4) is 0 Å². The molecule has 5 unspecified atom stereocenters. The van der Waals surface area contributed by atoms with Gasteiger partial charge in [0.25, 0.3) is 0 Å². The van der Waals surface area contributed by atoms with Crippen LogP contribution in [0, 0.1) is 17.8 Å². The van der Waals surface area contributed by atoms with Crippen LogP contribution < -0.4 is 0 Å². The number of carbonyl (C=O) groups excluding carboxylic acids is 1. The first kappa shape index (κ1) is 36.4. The molecule has 1 N–H and O–H groups in total. The minimum Gasteiger partial charge on any atom is -0.393 e. The smallest absolute Gasteiger partial charge is 0.172 e. The summed E-state index contributed by atoms with van der Waals surface area (Å²) in [6.45, 7) is 17.6. The molecule has 0 saturated carbocycles. The van der Waals surface area contributed by atoms with Crippen molar-refractivity contribution in [2.24, 2.45) is 17.8 Å². The van der Waals surface area contributed by atoms with Gasteiger partial charge in [-0.1, -0.05) is 33.9 Å². The first-order valence-electron chi connectivity index (χ1n) is 20.8. The molecule has 0 aromatic carbocycles. The second kappa shape index (κ2) is 13.8.